The van der Waals surface area contributed by atoms with Gasteiger partial charge in [0.15, 0.2) is 0 Å². The number of rotatable bonds is 6. The zero-order chi connectivity index (χ0) is 14.3. The Labute approximate surface area is 113 Å². The van der Waals surface area contributed by atoms with Crippen molar-refractivity contribution in [1.82, 2.24) is 5.32 Å². The van der Waals surface area contributed by atoms with Crippen molar-refractivity contribution >= 4 is 17.5 Å². The molecule has 0 heterocycles. The molecule has 5 nitrogen and oxygen atoms in total. The molecule has 0 fully saturated rings. The lowest BCUT2D eigenvalue weighted by Gasteiger charge is -2.13. The zero-order valence-electron chi connectivity index (χ0n) is 11.4. The molecule has 0 aliphatic heterocycles. The predicted octanol–water partition coefficient (Wildman–Crippen LogP) is 1.50. The van der Waals surface area contributed by atoms with Crippen LogP contribution in [0.1, 0.15) is 37.0 Å². The van der Waals surface area contributed by atoms with Crippen molar-refractivity contribution < 1.29 is 9.59 Å². The van der Waals surface area contributed by atoms with Crippen molar-refractivity contribution in [3.8, 4) is 0 Å². The number of anilines is 1. The Kier molecular flexibility index (Phi) is 6.02. The number of para-hydroxylation sites is 1. The van der Waals surface area contributed by atoms with Crippen LogP contribution in [-0.4, -0.2) is 24.4 Å². The number of benzene rings is 1. The molecule has 1 aromatic carbocycles. The van der Waals surface area contributed by atoms with Crippen LogP contribution in [0.15, 0.2) is 24.3 Å². The maximum Gasteiger partial charge on any atom is 0.253 e. The monoisotopic (exact) mass is 263 g/mol. The van der Waals surface area contributed by atoms with E-state index in [2.05, 4.69) is 10.6 Å². The molecule has 1 atom stereocenters. The summed E-state index contributed by atoms with van der Waals surface area (Å²) in [5, 5.41) is 5.48. The van der Waals surface area contributed by atoms with Gasteiger partial charge in [-0.3, -0.25) is 9.59 Å². The van der Waals surface area contributed by atoms with Crippen molar-refractivity contribution in [3.05, 3.63) is 29.8 Å². The topological polar surface area (TPSA) is 84.2 Å². The largest absolute Gasteiger partial charge is 0.352 e. The molecular weight excluding hydrogens is 242 g/mol. The first kappa shape index (κ1) is 15.2. The first-order valence-corrected chi connectivity index (χ1v) is 6.53. The molecule has 0 bridgehead atoms. The van der Waals surface area contributed by atoms with Gasteiger partial charge in [-0.05, 0) is 25.0 Å². The molecule has 104 valence electrons. The first-order chi connectivity index (χ1) is 9.10. The van der Waals surface area contributed by atoms with Crippen LogP contribution in [-0.2, 0) is 4.79 Å². The number of amides is 2. The Morgan fingerprint density at radius 1 is 1.26 bits per heavy atom. The summed E-state index contributed by atoms with van der Waals surface area (Å²) in [7, 11) is 0. The molecule has 0 saturated carbocycles. The van der Waals surface area contributed by atoms with Crippen LogP contribution >= 0.6 is 0 Å². The lowest BCUT2D eigenvalue weighted by Crippen LogP contribution is -2.35. The average Bonchev–Trinajstić information content (AvgIpc) is 2.44. The van der Waals surface area contributed by atoms with Crippen molar-refractivity contribution in [1.29, 1.82) is 0 Å². The standard InChI is InChI=1S/C14H21N3O2/c1-3-9-16-13(18)10-7-5-6-8-12(10)17-14(19)11(15)4-2/h5-8,11H,3-4,9,15H2,1-2H3,(H,16,18)(H,17,19)/t11-/m1/s1. The molecule has 0 aliphatic rings. The Hall–Kier alpha value is -1.88. The molecule has 19 heavy (non-hydrogen) atoms. The second-order valence-electron chi connectivity index (χ2n) is 4.31. The third kappa shape index (κ3) is 4.37. The van der Waals surface area contributed by atoms with E-state index >= 15 is 0 Å². The van der Waals surface area contributed by atoms with Gasteiger partial charge < -0.3 is 16.4 Å². The highest BCUT2D eigenvalue weighted by Crippen LogP contribution is 2.15. The molecule has 0 aliphatic carbocycles. The molecule has 0 saturated heterocycles. The first-order valence-electron chi connectivity index (χ1n) is 6.53. The van der Waals surface area contributed by atoms with Crippen LogP contribution in [0, 0.1) is 0 Å². The lowest BCUT2D eigenvalue weighted by atomic mass is 10.1. The van der Waals surface area contributed by atoms with Crippen LogP contribution in [0.25, 0.3) is 0 Å². The second-order valence-corrected chi connectivity index (χ2v) is 4.31. The number of nitrogens with two attached hydrogens (primary N) is 1. The van der Waals surface area contributed by atoms with Crippen LogP contribution < -0.4 is 16.4 Å². The van der Waals surface area contributed by atoms with E-state index in [0.717, 1.165) is 6.42 Å². The summed E-state index contributed by atoms with van der Waals surface area (Å²) in [4.78, 5) is 23.7. The molecule has 2 amide bonds. The van der Waals surface area contributed by atoms with Gasteiger partial charge in [-0.1, -0.05) is 26.0 Å². The Balaban J connectivity index is 2.84. The summed E-state index contributed by atoms with van der Waals surface area (Å²) in [5.41, 5.74) is 6.60. The van der Waals surface area contributed by atoms with E-state index in [0.29, 0.717) is 24.2 Å². The Morgan fingerprint density at radius 3 is 2.58 bits per heavy atom. The molecule has 1 aromatic rings. The average molecular weight is 263 g/mol. The molecule has 5 heteroatoms. The minimum absolute atomic E-state index is 0.192. The van der Waals surface area contributed by atoms with Gasteiger partial charge in [-0.2, -0.15) is 0 Å². The summed E-state index contributed by atoms with van der Waals surface area (Å²) in [6.45, 7) is 4.42. The maximum absolute atomic E-state index is 12.0. The Bertz CT molecular complexity index is 446. The van der Waals surface area contributed by atoms with Gasteiger partial charge in [0.25, 0.3) is 5.91 Å². The number of hydrogen-bond acceptors (Lipinski definition) is 3. The number of nitrogens with one attached hydrogen (secondary N) is 2. The second kappa shape index (κ2) is 7.53. The van der Waals surface area contributed by atoms with Crippen molar-refractivity contribution in [2.24, 2.45) is 5.73 Å². The zero-order valence-corrected chi connectivity index (χ0v) is 11.4. The van der Waals surface area contributed by atoms with Crippen molar-refractivity contribution in [3.63, 3.8) is 0 Å². The summed E-state index contributed by atoms with van der Waals surface area (Å²) >= 11 is 0. The van der Waals surface area contributed by atoms with E-state index in [1.807, 2.05) is 13.8 Å². The molecule has 1 rings (SSSR count). The van der Waals surface area contributed by atoms with Crippen LogP contribution in [0.5, 0.6) is 0 Å². The van der Waals surface area contributed by atoms with Crippen LogP contribution in [0.4, 0.5) is 5.69 Å². The quantitative estimate of drug-likeness (QED) is 0.727. The molecule has 4 N–H and O–H groups in total. The minimum atomic E-state index is -0.563. The van der Waals surface area contributed by atoms with E-state index in [9.17, 15) is 9.59 Å². The molecular formula is C14H21N3O2. The number of hydrogen-bond donors (Lipinski definition) is 3. The molecule has 0 unspecified atom stereocenters. The lowest BCUT2D eigenvalue weighted by molar-refractivity contribution is -0.117. The fourth-order valence-corrected chi connectivity index (χ4v) is 1.53. The van der Waals surface area contributed by atoms with Gasteiger partial charge in [0.2, 0.25) is 5.91 Å². The van der Waals surface area contributed by atoms with Gasteiger partial charge in [-0.25, -0.2) is 0 Å². The van der Waals surface area contributed by atoms with Gasteiger partial charge in [-0.15, -0.1) is 0 Å². The van der Waals surface area contributed by atoms with Crippen molar-refractivity contribution in [2.75, 3.05) is 11.9 Å². The predicted molar refractivity (Wildman–Crippen MR) is 76.0 cm³/mol. The van der Waals surface area contributed by atoms with E-state index < -0.39 is 6.04 Å². The summed E-state index contributed by atoms with van der Waals surface area (Å²) in [6.07, 6.45) is 1.41. The minimum Gasteiger partial charge on any atom is -0.352 e. The molecule has 0 aromatic heterocycles. The highest BCUT2D eigenvalue weighted by molar-refractivity contribution is 6.04. The van der Waals surface area contributed by atoms with Gasteiger partial charge in [0, 0.05) is 6.54 Å². The molecule has 0 spiro atoms. The fraction of sp³-hybridized carbons (Fsp3) is 0.429. The van der Waals surface area contributed by atoms with Crippen LogP contribution in [0.2, 0.25) is 0 Å². The van der Waals surface area contributed by atoms with Gasteiger partial charge >= 0.3 is 0 Å². The number of carbonyl (C=O) groups excluding carboxylic acids is 2. The van der Waals surface area contributed by atoms with E-state index in [1.54, 1.807) is 24.3 Å². The van der Waals surface area contributed by atoms with Crippen LogP contribution in [0.3, 0.4) is 0 Å². The van der Waals surface area contributed by atoms with E-state index in [4.69, 9.17) is 5.73 Å². The van der Waals surface area contributed by atoms with Gasteiger partial charge in [0.05, 0.1) is 17.3 Å². The van der Waals surface area contributed by atoms with E-state index in [-0.39, 0.29) is 11.8 Å². The highest BCUT2D eigenvalue weighted by atomic mass is 16.2. The summed E-state index contributed by atoms with van der Waals surface area (Å²) in [5.74, 6) is -0.471. The maximum atomic E-state index is 12.0. The normalized spacial score (nSPS) is 11.7. The van der Waals surface area contributed by atoms with Crippen molar-refractivity contribution in [2.45, 2.75) is 32.7 Å². The fourth-order valence-electron chi connectivity index (χ4n) is 1.53. The number of carbonyl (C=O) groups is 2. The Morgan fingerprint density at radius 2 is 1.95 bits per heavy atom. The summed E-state index contributed by atoms with van der Waals surface area (Å²) < 4.78 is 0. The van der Waals surface area contributed by atoms with E-state index in [1.165, 1.54) is 0 Å². The molecule has 0 radical (unpaired) electrons. The SMILES string of the molecule is CCCNC(=O)c1ccccc1NC(=O)[C@H](N)CC. The summed E-state index contributed by atoms with van der Waals surface area (Å²) in [6, 6.07) is 6.34. The highest BCUT2D eigenvalue weighted by Gasteiger charge is 2.15. The smallest absolute Gasteiger partial charge is 0.253 e. The third-order valence-corrected chi connectivity index (χ3v) is 2.74. The third-order valence-electron chi connectivity index (χ3n) is 2.74. The van der Waals surface area contributed by atoms with Gasteiger partial charge in [0.1, 0.15) is 0 Å².